The Balaban J connectivity index is 1.10. The van der Waals surface area contributed by atoms with Crippen LogP contribution in [0.15, 0.2) is 63.6 Å². The number of aliphatic hydroxyl groups excluding tert-OH is 1. The average molecular weight is 432 g/mol. The summed E-state index contributed by atoms with van der Waals surface area (Å²) in [6.45, 7) is 2.96. The van der Waals surface area contributed by atoms with Crippen molar-refractivity contribution in [3.05, 3.63) is 66.1 Å². The number of fused-ring (bicyclic) bond motifs is 4. The van der Waals surface area contributed by atoms with Crippen molar-refractivity contribution in [2.45, 2.75) is 56.7 Å². The normalized spacial score (nSPS) is 24.4. The average Bonchev–Trinajstić information content (AvgIpc) is 3.46. The first-order valence-corrected chi connectivity index (χ1v) is 11.7. The molecule has 32 heavy (non-hydrogen) atoms. The third kappa shape index (κ3) is 3.59. The molecule has 2 aliphatic heterocycles. The number of hydrogen-bond donors (Lipinski definition) is 1. The maximum absolute atomic E-state index is 10.7. The van der Waals surface area contributed by atoms with E-state index in [1.165, 1.54) is 23.8 Å². The number of furan rings is 2. The van der Waals surface area contributed by atoms with E-state index in [0.29, 0.717) is 24.5 Å². The summed E-state index contributed by atoms with van der Waals surface area (Å²) in [5.74, 6) is 2.29. The molecule has 2 aromatic heterocycles. The summed E-state index contributed by atoms with van der Waals surface area (Å²) < 4.78 is 17.3. The van der Waals surface area contributed by atoms with Crippen LogP contribution >= 0.6 is 0 Å². The van der Waals surface area contributed by atoms with E-state index in [2.05, 4.69) is 29.2 Å². The van der Waals surface area contributed by atoms with E-state index < -0.39 is 6.10 Å². The van der Waals surface area contributed by atoms with Crippen molar-refractivity contribution in [3.63, 3.8) is 0 Å². The number of aliphatic hydroxyl groups is 1. The zero-order chi connectivity index (χ0) is 21.7. The molecule has 0 radical (unpaired) electrons. The number of aryl methyl sites for hydroxylation is 1. The van der Waals surface area contributed by atoms with Gasteiger partial charge in [-0.15, -0.1) is 0 Å². The van der Waals surface area contributed by atoms with Crippen molar-refractivity contribution >= 4 is 21.9 Å². The third-order valence-electron chi connectivity index (χ3n) is 7.33. The molecule has 2 fully saturated rings. The molecule has 2 aromatic carbocycles. The van der Waals surface area contributed by atoms with Gasteiger partial charge in [-0.1, -0.05) is 18.2 Å². The largest absolute Gasteiger partial charge is 0.490 e. The molecule has 166 valence electrons. The molecule has 6 rings (SSSR count). The van der Waals surface area contributed by atoms with Crippen LogP contribution in [0.1, 0.15) is 42.9 Å². The SMILES string of the molecule is Cc1cc2ccc(C3CC4CCC(C3)N4C[C@H](O)COc3cccc4occc34)cc2o1. The van der Waals surface area contributed by atoms with Crippen LogP contribution in [0, 0.1) is 6.92 Å². The van der Waals surface area contributed by atoms with Gasteiger partial charge in [0, 0.05) is 24.0 Å². The first kappa shape index (κ1) is 19.9. The van der Waals surface area contributed by atoms with Gasteiger partial charge in [-0.3, -0.25) is 4.90 Å². The molecular formula is C27H29NO4. The Labute approximate surface area is 187 Å². The minimum absolute atomic E-state index is 0.290. The summed E-state index contributed by atoms with van der Waals surface area (Å²) in [6.07, 6.45) is 5.86. The van der Waals surface area contributed by atoms with Gasteiger partial charge in [0.25, 0.3) is 0 Å². The highest BCUT2D eigenvalue weighted by atomic mass is 16.5. The van der Waals surface area contributed by atoms with E-state index in [1.807, 2.05) is 31.2 Å². The number of nitrogens with zero attached hydrogens (tertiary/aromatic N) is 1. The summed E-state index contributed by atoms with van der Waals surface area (Å²) in [4.78, 5) is 2.53. The number of ether oxygens (including phenoxy) is 1. The van der Waals surface area contributed by atoms with Crippen molar-refractivity contribution in [1.29, 1.82) is 0 Å². The molecule has 0 amide bonds. The molecule has 1 N–H and O–H groups in total. The van der Waals surface area contributed by atoms with E-state index in [-0.39, 0.29) is 6.61 Å². The number of rotatable bonds is 6. The summed E-state index contributed by atoms with van der Waals surface area (Å²) in [6, 6.07) is 17.5. The zero-order valence-corrected chi connectivity index (χ0v) is 18.4. The second kappa shape index (κ2) is 7.98. The Morgan fingerprint density at radius 1 is 1.06 bits per heavy atom. The molecule has 4 aromatic rings. The predicted molar refractivity (Wildman–Crippen MR) is 124 cm³/mol. The molecule has 0 saturated carbocycles. The minimum atomic E-state index is -0.515. The standard InChI is InChI=1S/C27H29NO4/c1-17-11-19-6-5-18(14-27(19)32-17)20-12-21-7-8-22(13-20)28(21)15-23(29)16-31-26-4-2-3-25-24(26)9-10-30-25/h2-6,9-11,14,20-23,29H,7-8,12-13,15-16H2,1H3/t20?,21?,22?,23-/m0/s1. The summed E-state index contributed by atoms with van der Waals surface area (Å²) in [5, 5.41) is 12.9. The molecule has 5 heteroatoms. The van der Waals surface area contributed by atoms with Crippen molar-refractivity contribution in [2.24, 2.45) is 0 Å². The van der Waals surface area contributed by atoms with Crippen LogP contribution in [0.5, 0.6) is 5.75 Å². The van der Waals surface area contributed by atoms with Gasteiger partial charge in [0.15, 0.2) is 0 Å². The van der Waals surface area contributed by atoms with Crippen molar-refractivity contribution in [3.8, 4) is 5.75 Å². The Bertz CT molecular complexity index is 1230. The monoisotopic (exact) mass is 431 g/mol. The Morgan fingerprint density at radius 2 is 1.91 bits per heavy atom. The summed E-state index contributed by atoms with van der Waals surface area (Å²) >= 11 is 0. The van der Waals surface area contributed by atoms with Crippen LogP contribution < -0.4 is 4.74 Å². The molecular weight excluding hydrogens is 402 g/mol. The van der Waals surface area contributed by atoms with E-state index in [0.717, 1.165) is 40.9 Å². The van der Waals surface area contributed by atoms with Gasteiger partial charge in [0.2, 0.25) is 0 Å². The van der Waals surface area contributed by atoms with Gasteiger partial charge in [-0.2, -0.15) is 0 Å². The van der Waals surface area contributed by atoms with Gasteiger partial charge in [-0.25, -0.2) is 0 Å². The lowest BCUT2D eigenvalue weighted by Crippen LogP contribution is -2.47. The second-order valence-corrected chi connectivity index (χ2v) is 9.46. The quantitative estimate of drug-likeness (QED) is 0.428. The molecule has 5 nitrogen and oxygen atoms in total. The van der Waals surface area contributed by atoms with Crippen LogP contribution in [0.25, 0.3) is 21.9 Å². The van der Waals surface area contributed by atoms with E-state index >= 15 is 0 Å². The molecule has 2 bridgehead atoms. The van der Waals surface area contributed by atoms with Crippen LogP contribution in [-0.2, 0) is 0 Å². The first-order chi connectivity index (χ1) is 15.6. The number of hydrogen-bond acceptors (Lipinski definition) is 5. The molecule has 2 aliphatic rings. The van der Waals surface area contributed by atoms with Gasteiger partial charge < -0.3 is 18.7 Å². The van der Waals surface area contributed by atoms with Crippen LogP contribution in [0.3, 0.4) is 0 Å². The van der Waals surface area contributed by atoms with Crippen molar-refractivity contribution in [1.82, 2.24) is 4.90 Å². The Kier molecular flexibility index (Phi) is 4.96. The molecule has 4 heterocycles. The topological polar surface area (TPSA) is 59.0 Å². The smallest absolute Gasteiger partial charge is 0.137 e. The fraction of sp³-hybridized carbons (Fsp3) is 0.407. The maximum atomic E-state index is 10.7. The summed E-state index contributed by atoms with van der Waals surface area (Å²) in [7, 11) is 0. The summed E-state index contributed by atoms with van der Waals surface area (Å²) in [5.41, 5.74) is 3.19. The van der Waals surface area contributed by atoms with Crippen LogP contribution in [0.4, 0.5) is 0 Å². The Hall–Kier alpha value is -2.76. The van der Waals surface area contributed by atoms with E-state index in [4.69, 9.17) is 13.6 Å². The third-order valence-corrected chi connectivity index (χ3v) is 7.33. The molecule has 2 unspecified atom stereocenters. The zero-order valence-electron chi connectivity index (χ0n) is 18.4. The minimum Gasteiger partial charge on any atom is -0.490 e. The maximum Gasteiger partial charge on any atom is 0.137 e. The lowest BCUT2D eigenvalue weighted by atomic mass is 9.84. The van der Waals surface area contributed by atoms with Gasteiger partial charge in [0.1, 0.15) is 35.4 Å². The van der Waals surface area contributed by atoms with Gasteiger partial charge in [-0.05, 0) is 74.4 Å². The first-order valence-electron chi connectivity index (χ1n) is 11.7. The second-order valence-electron chi connectivity index (χ2n) is 9.46. The lowest BCUT2D eigenvalue weighted by Gasteiger charge is -2.40. The fourth-order valence-corrected chi connectivity index (χ4v) is 5.85. The van der Waals surface area contributed by atoms with Gasteiger partial charge in [0.05, 0.1) is 11.6 Å². The predicted octanol–water partition coefficient (Wildman–Crippen LogP) is 5.64. The van der Waals surface area contributed by atoms with Crippen molar-refractivity contribution in [2.75, 3.05) is 13.2 Å². The highest BCUT2D eigenvalue weighted by Crippen LogP contribution is 2.43. The van der Waals surface area contributed by atoms with E-state index in [9.17, 15) is 5.11 Å². The fourth-order valence-electron chi connectivity index (χ4n) is 5.85. The van der Waals surface area contributed by atoms with Gasteiger partial charge >= 0.3 is 0 Å². The number of piperidine rings is 1. The molecule has 3 atom stereocenters. The highest BCUT2D eigenvalue weighted by molar-refractivity contribution is 5.83. The van der Waals surface area contributed by atoms with Crippen LogP contribution in [0.2, 0.25) is 0 Å². The molecule has 2 saturated heterocycles. The molecule has 0 aliphatic carbocycles. The van der Waals surface area contributed by atoms with Crippen molar-refractivity contribution < 1.29 is 18.7 Å². The Morgan fingerprint density at radius 3 is 2.75 bits per heavy atom. The van der Waals surface area contributed by atoms with Crippen LogP contribution in [-0.4, -0.2) is 41.3 Å². The molecule has 0 spiro atoms. The van der Waals surface area contributed by atoms with E-state index in [1.54, 1.807) is 6.26 Å². The highest BCUT2D eigenvalue weighted by Gasteiger charge is 2.41. The number of benzene rings is 2. The lowest BCUT2D eigenvalue weighted by molar-refractivity contribution is 0.0321.